The summed E-state index contributed by atoms with van der Waals surface area (Å²) in [6, 6.07) is 22.0. The second-order valence-corrected chi connectivity index (χ2v) is 10.9. The van der Waals surface area contributed by atoms with Crippen LogP contribution >= 0.6 is 0 Å². The van der Waals surface area contributed by atoms with E-state index in [4.69, 9.17) is 13.9 Å². The van der Waals surface area contributed by atoms with Gasteiger partial charge in [-0.05, 0) is 74.5 Å². The molecule has 198 valence electrons. The summed E-state index contributed by atoms with van der Waals surface area (Å²) >= 11 is 0. The number of ether oxygens (including phenoxy) is 2. The van der Waals surface area contributed by atoms with Crippen molar-refractivity contribution in [1.29, 1.82) is 0 Å². The van der Waals surface area contributed by atoms with E-state index in [0.29, 0.717) is 38.3 Å². The standard InChI is InChI=1S/C29H31N3O5S/c1-4-36-25-11-7-22(8-12-25)27-30-28(38(33,34)26-15-5-21(2)6-16-26)29(37-27)32-19-17-31(18-20-32)23-9-13-24(35-3)14-10-23/h5-16H,4,17-20H2,1-3H3. The van der Waals surface area contributed by atoms with Crippen molar-refractivity contribution in [1.82, 2.24) is 4.98 Å². The number of oxazole rings is 1. The Balaban J connectivity index is 1.47. The number of benzene rings is 3. The molecule has 4 aromatic rings. The number of nitrogens with zero attached hydrogens (tertiary/aromatic N) is 3. The number of piperazine rings is 1. The Hall–Kier alpha value is -3.98. The largest absolute Gasteiger partial charge is 0.497 e. The molecule has 0 aliphatic carbocycles. The van der Waals surface area contributed by atoms with E-state index in [0.717, 1.165) is 22.7 Å². The number of aryl methyl sites for hydroxylation is 1. The Bertz CT molecular complexity index is 1470. The van der Waals surface area contributed by atoms with E-state index in [1.165, 1.54) is 0 Å². The zero-order chi connectivity index (χ0) is 26.7. The number of aromatic nitrogens is 1. The molecule has 9 heteroatoms. The van der Waals surface area contributed by atoms with E-state index in [1.54, 1.807) is 31.4 Å². The molecule has 1 fully saturated rings. The molecule has 1 aliphatic heterocycles. The Kier molecular flexibility index (Phi) is 7.28. The summed E-state index contributed by atoms with van der Waals surface area (Å²) in [5.74, 6) is 2.06. The van der Waals surface area contributed by atoms with Gasteiger partial charge in [0.25, 0.3) is 0 Å². The van der Waals surface area contributed by atoms with Crippen LogP contribution in [0.15, 0.2) is 87.1 Å². The summed E-state index contributed by atoms with van der Waals surface area (Å²) < 4.78 is 44.5. The Labute approximate surface area is 223 Å². The average molecular weight is 534 g/mol. The van der Waals surface area contributed by atoms with Crippen LogP contribution in [0.2, 0.25) is 0 Å². The van der Waals surface area contributed by atoms with E-state index in [1.807, 2.05) is 67.3 Å². The molecule has 0 spiro atoms. The van der Waals surface area contributed by atoms with Crippen LogP contribution in [0.4, 0.5) is 11.6 Å². The first-order valence-corrected chi connectivity index (χ1v) is 14.1. The Morgan fingerprint density at radius 1 is 0.842 bits per heavy atom. The molecule has 0 saturated carbocycles. The fourth-order valence-corrected chi connectivity index (χ4v) is 5.77. The molecule has 5 rings (SSSR count). The minimum Gasteiger partial charge on any atom is -0.497 e. The molecule has 0 atom stereocenters. The molecule has 38 heavy (non-hydrogen) atoms. The number of anilines is 2. The number of rotatable bonds is 8. The summed E-state index contributed by atoms with van der Waals surface area (Å²) in [4.78, 5) is 8.94. The maximum atomic E-state index is 13.7. The molecular weight excluding hydrogens is 502 g/mol. The molecule has 8 nitrogen and oxygen atoms in total. The van der Waals surface area contributed by atoms with Gasteiger partial charge in [-0.1, -0.05) is 17.7 Å². The summed E-state index contributed by atoms with van der Waals surface area (Å²) in [6.45, 7) is 6.98. The lowest BCUT2D eigenvalue weighted by Gasteiger charge is -2.36. The van der Waals surface area contributed by atoms with Crippen molar-refractivity contribution in [2.75, 3.05) is 49.7 Å². The highest BCUT2D eigenvalue weighted by atomic mass is 32.2. The van der Waals surface area contributed by atoms with Crippen LogP contribution in [-0.4, -0.2) is 53.3 Å². The lowest BCUT2D eigenvalue weighted by atomic mass is 10.2. The van der Waals surface area contributed by atoms with Gasteiger partial charge in [0.05, 0.1) is 18.6 Å². The van der Waals surface area contributed by atoms with Gasteiger partial charge >= 0.3 is 0 Å². The fraction of sp³-hybridized carbons (Fsp3) is 0.276. The first-order valence-electron chi connectivity index (χ1n) is 12.6. The first-order chi connectivity index (χ1) is 18.4. The lowest BCUT2D eigenvalue weighted by Crippen LogP contribution is -2.46. The number of hydrogen-bond acceptors (Lipinski definition) is 8. The minimum atomic E-state index is -3.91. The predicted molar refractivity (Wildman–Crippen MR) is 147 cm³/mol. The van der Waals surface area contributed by atoms with Crippen LogP contribution in [0, 0.1) is 6.92 Å². The molecule has 0 bridgehead atoms. The van der Waals surface area contributed by atoms with Gasteiger partial charge in [0, 0.05) is 37.4 Å². The molecule has 0 amide bonds. The Morgan fingerprint density at radius 3 is 2.05 bits per heavy atom. The second kappa shape index (κ2) is 10.8. The van der Waals surface area contributed by atoms with Crippen LogP contribution < -0.4 is 19.3 Å². The smallest absolute Gasteiger partial charge is 0.236 e. The van der Waals surface area contributed by atoms with Gasteiger partial charge in [-0.3, -0.25) is 0 Å². The third-order valence-electron chi connectivity index (χ3n) is 6.58. The van der Waals surface area contributed by atoms with Crippen molar-refractivity contribution in [2.24, 2.45) is 0 Å². The van der Waals surface area contributed by atoms with E-state index < -0.39 is 9.84 Å². The highest BCUT2D eigenvalue weighted by molar-refractivity contribution is 7.91. The first kappa shape index (κ1) is 25.7. The maximum Gasteiger partial charge on any atom is 0.236 e. The van der Waals surface area contributed by atoms with Gasteiger partial charge in [-0.15, -0.1) is 0 Å². The normalized spacial score (nSPS) is 14.0. The Morgan fingerprint density at radius 2 is 1.45 bits per heavy atom. The molecule has 1 saturated heterocycles. The summed E-state index contributed by atoms with van der Waals surface area (Å²) in [7, 11) is -2.26. The second-order valence-electron chi connectivity index (χ2n) is 9.08. The molecule has 2 heterocycles. The van der Waals surface area contributed by atoms with Crippen molar-refractivity contribution in [3.8, 4) is 23.0 Å². The van der Waals surface area contributed by atoms with Gasteiger partial charge in [-0.25, -0.2) is 8.42 Å². The molecule has 0 N–H and O–H groups in total. The molecule has 3 aromatic carbocycles. The van der Waals surface area contributed by atoms with E-state index >= 15 is 0 Å². The van der Waals surface area contributed by atoms with Crippen LogP contribution in [-0.2, 0) is 9.84 Å². The summed E-state index contributed by atoms with van der Waals surface area (Å²) in [5.41, 5.74) is 2.75. The summed E-state index contributed by atoms with van der Waals surface area (Å²) in [6.07, 6.45) is 0. The molecule has 0 unspecified atom stereocenters. The van der Waals surface area contributed by atoms with Crippen LogP contribution in [0.3, 0.4) is 0 Å². The van der Waals surface area contributed by atoms with Gasteiger partial charge in [0.2, 0.25) is 26.6 Å². The number of hydrogen-bond donors (Lipinski definition) is 0. The third-order valence-corrected chi connectivity index (χ3v) is 8.25. The molecule has 1 aliphatic rings. The van der Waals surface area contributed by atoms with Gasteiger partial charge in [0.1, 0.15) is 11.5 Å². The van der Waals surface area contributed by atoms with Crippen LogP contribution in [0.5, 0.6) is 11.5 Å². The predicted octanol–water partition coefficient (Wildman–Crippen LogP) is 5.22. The van der Waals surface area contributed by atoms with Crippen molar-refractivity contribution in [3.63, 3.8) is 0 Å². The monoisotopic (exact) mass is 533 g/mol. The van der Waals surface area contributed by atoms with Gasteiger partial charge in [0.15, 0.2) is 0 Å². The SMILES string of the molecule is CCOc1ccc(-c2nc(S(=O)(=O)c3ccc(C)cc3)c(N3CCN(c4ccc(OC)cc4)CC3)o2)cc1. The van der Waals surface area contributed by atoms with E-state index in [-0.39, 0.29) is 21.7 Å². The third kappa shape index (κ3) is 5.19. The quantitative estimate of drug-likeness (QED) is 0.305. The zero-order valence-corrected chi connectivity index (χ0v) is 22.6. The fourth-order valence-electron chi connectivity index (χ4n) is 4.45. The highest BCUT2D eigenvalue weighted by Gasteiger charge is 2.33. The summed E-state index contributed by atoms with van der Waals surface area (Å²) in [5, 5.41) is -0.0665. The van der Waals surface area contributed by atoms with Crippen molar-refractivity contribution in [2.45, 2.75) is 23.8 Å². The molecule has 1 aromatic heterocycles. The van der Waals surface area contributed by atoms with Crippen molar-refractivity contribution in [3.05, 3.63) is 78.4 Å². The average Bonchev–Trinajstić information content (AvgIpc) is 3.41. The number of sulfone groups is 1. The van der Waals surface area contributed by atoms with Crippen LogP contribution in [0.1, 0.15) is 12.5 Å². The van der Waals surface area contributed by atoms with Crippen molar-refractivity contribution < 1.29 is 22.3 Å². The minimum absolute atomic E-state index is 0.0665. The van der Waals surface area contributed by atoms with Crippen LogP contribution in [0.25, 0.3) is 11.5 Å². The van der Waals surface area contributed by atoms with E-state index in [9.17, 15) is 8.42 Å². The number of methoxy groups -OCH3 is 1. The van der Waals surface area contributed by atoms with E-state index in [2.05, 4.69) is 9.88 Å². The van der Waals surface area contributed by atoms with Gasteiger partial charge < -0.3 is 23.7 Å². The maximum absolute atomic E-state index is 13.7. The van der Waals surface area contributed by atoms with Crippen molar-refractivity contribution >= 4 is 21.4 Å². The lowest BCUT2D eigenvalue weighted by molar-refractivity contribution is 0.340. The molecular formula is C29H31N3O5S. The van der Waals surface area contributed by atoms with Gasteiger partial charge in [-0.2, -0.15) is 4.98 Å². The highest BCUT2D eigenvalue weighted by Crippen LogP contribution is 2.36. The molecule has 0 radical (unpaired) electrons. The topological polar surface area (TPSA) is 85.1 Å². The zero-order valence-electron chi connectivity index (χ0n) is 21.8.